The van der Waals surface area contributed by atoms with Gasteiger partial charge in [0.25, 0.3) is 0 Å². The van der Waals surface area contributed by atoms with Gasteiger partial charge < -0.3 is 9.97 Å². The normalized spacial score (nSPS) is 14.1. The van der Waals surface area contributed by atoms with Crippen LogP contribution < -0.4 is 0 Å². The molecule has 4 heteroatoms. The third-order valence-corrected chi connectivity index (χ3v) is 3.55. The lowest BCUT2D eigenvalue weighted by atomic mass is 10.1. The lowest BCUT2D eigenvalue weighted by molar-refractivity contribution is 1.30. The minimum absolute atomic E-state index is 0.690. The molecule has 4 rings (SSSR count). The standard InChI is InChI=1S/C17H14N4/c1-2-6-15-14(5-1)20-16(12-7-3-9-18-12)11-17(21-15)13-8-4-10-19-13/h1-10,18-19H,11H2. The molecule has 1 aliphatic rings. The van der Waals surface area contributed by atoms with Crippen LogP contribution in [0.25, 0.3) is 0 Å². The van der Waals surface area contributed by atoms with E-state index in [1.54, 1.807) is 0 Å². The fraction of sp³-hybridized carbons (Fsp3) is 0.0588. The summed E-state index contributed by atoms with van der Waals surface area (Å²) in [6, 6.07) is 16.0. The lowest BCUT2D eigenvalue weighted by Gasteiger charge is -2.04. The van der Waals surface area contributed by atoms with E-state index < -0.39 is 0 Å². The number of aromatic nitrogens is 2. The number of nitrogens with one attached hydrogen (secondary N) is 2. The maximum atomic E-state index is 4.80. The number of nitrogens with zero attached hydrogens (tertiary/aromatic N) is 2. The first-order chi connectivity index (χ1) is 10.4. The van der Waals surface area contributed by atoms with Crippen LogP contribution in [0.4, 0.5) is 11.4 Å². The number of hydrogen-bond donors (Lipinski definition) is 2. The van der Waals surface area contributed by atoms with E-state index in [0.29, 0.717) is 6.42 Å². The molecule has 2 N–H and O–H groups in total. The highest BCUT2D eigenvalue weighted by molar-refractivity contribution is 6.19. The van der Waals surface area contributed by atoms with E-state index in [-0.39, 0.29) is 0 Å². The SMILES string of the molecule is c1c[nH]c(C2=Nc3ccccc3N=C(c3ccc[nH]3)C2)c1. The highest BCUT2D eigenvalue weighted by Gasteiger charge is 2.16. The van der Waals surface area contributed by atoms with Crippen molar-refractivity contribution in [1.29, 1.82) is 0 Å². The number of benzene rings is 1. The van der Waals surface area contributed by atoms with Gasteiger partial charge in [0.05, 0.1) is 34.2 Å². The van der Waals surface area contributed by atoms with Gasteiger partial charge >= 0.3 is 0 Å². The average molecular weight is 274 g/mol. The molecule has 0 radical (unpaired) electrons. The predicted molar refractivity (Wildman–Crippen MR) is 85.0 cm³/mol. The first-order valence-corrected chi connectivity index (χ1v) is 6.92. The Morgan fingerprint density at radius 1 is 0.667 bits per heavy atom. The molecule has 0 aliphatic carbocycles. The summed E-state index contributed by atoms with van der Waals surface area (Å²) >= 11 is 0. The second-order valence-corrected chi connectivity index (χ2v) is 4.95. The van der Waals surface area contributed by atoms with E-state index in [4.69, 9.17) is 9.98 Å². The van der Waals surface area contributed by atoms with E-state index in [9.17, 15) is 0 Å². The molecule has 1 aliphatic heterocycles. The first-order valence-electron chi connectivity index (χ1n) is 6.92. The third-order valence-electron chi connectivity index (χ3n) is 3.55. The molecular formula is C17H14N4. The van der Waals surface area contributed by atoms with Gasteiger partial charge in [-0.1, -0.05) is 12.1 Å². The second kappa shape index (κ2) is 4.90. The highest BCUT2D eigenvalue weighted by atomic mass is 14.9. The minimum Gasteiger partial charge on any atom is -0.360 e. The van der Waals surface area contributed by atoms with Crippen molar-refractivity contribution >= 4 is 22.8 Å². The molecule has 0 saturated carbocycles. The van der Waals surface area contributed by atoms with Crippen LogP contribution in [0.5, 0.6) is 0 Å². The summed E-state index contributed by atoms with van der Waals surface area (Å²) < 4.78 is 0. The first kappa shape index (κ1) is 11.9. The number of fused-ring (bicyclic) bond motifs is 1. The number of para-hydroxylation sites is 2. The van der Waals surface area contributed by atoms with Crippen LogP contribution in [0, 0.1) is 0 Å². The summed E-state index contributed by atoms with van der Waals surface area (Å²) in [6.45, 7) is 0. The molecule has 4 nitrogen and oxygen atoms in total. The maximum Gasteiger partial charge on any atom is 0.0890 e. The van der Waals surface area contributed by atoms with Crippen molar-refractivity contribution in [3.8, 4) is 0 Å². The molecule has 0 atom stereocenters. The van der Waals surface area contributed by atoms with Crippen molar-refractivity contribution in [3.05, 3.63) is 72.3 Å². The zero-order valence-electron chi connectivity index (χ0n) is 11.4. The fourth-order valence-electron chi connectivity index (χ4n) is 2.51. The van der Waals surface area contributed by atoms with Crippen LogP contribution in [0.2, 0.25) is 0 Å². The topological polar surface area (TPSA) is 56.3 Å². The Morgan fingerprint density at radius 2 is 1.19 bits per heavy atom. The zero-order chi connectivity index (χ0) is 14.1. The van der Waals surface area contributed by atoms with Crippen LogP contribution in [-0.2, 0) is 0 Å². The molecule has 0 bridgehead atoms. The molecule has 1 aromatic carbocycles. The Morgan fingerprint density at radius 3 is 1.62 bits per heavy atom. The van der Waals surface area contributed by atoms with Crippen molar-refractivity contribution in [2.75, 3.05) is 0 Å². The number of rotatable bonds is 2. The van der Waals surface area contributed by atoms with E-state index in [2.05, 4.69) is 9.97 Å². The predicted octanol–water partition coefficient (Wildman–Crippen LogP) is 3.99. The van der Waals surface area contributed by atoms with E-state index in [1.807, 2.05) is 60.9 Å². The van der Waals surface area contributed by atoms with E-state index in [1.165, 1.54) is 0 Å². The molecule has 21 heavy (non-hydrogen) atoms. The monoisotopic (exact) mass is 274 g/mol. The number of hydrogen-bond acceptors (Lipinski definition) is 2. The van der Waals surface area contributed by atoms with Gasteiger partial charge in [-0.15, -0.1) is 0 Å². The molecule has 3 aromatic rings. The Hall–Kier alpha value is -2.88. The third kappa shape index (κ3) is 2.21. The van der Waals surface area contributed by atoms with Crippen molar-refractivity contribution in [1.82, 2.24) is 9.97 Å². The molecule has 0 fully saturated rings. The van der Waals surface area contributed by atoms with E-state index in [0.717, 1.165) is 34.2 Å². The summed E-state index contributed by atoms with van der Waals surface area (Å²) in [5.41, 5.74) is 5.88. The van der Waals surface area contributed by atoms with E-state index >= 15 is 0 Å². The fourth-order valence-corrected chi connectivity index (χ4v) is 2.51. The zero-order valence-corrected chi connectivity index (χ0v) is 11.4. The second-order valence-electron chi connectivity index (χ2n) is 4.95. The summed E-state index contributed by atoms with van der Waals surface area (Å²) in [5, 5.41) is 0. The van der Waals surface area contributed by atoms with Crippen LogP contribution >= 0.6 is 0 Å². The van der Waals surface area contributed by atoms with Gasteiger partial charge in [0, 0.05) is 18.8 Å². The van der Waals surface area contributed by atoms with Gasteiger partial charge in [0.15, 0.2) is 0 Å². The largest absolute Gasteiger partial charge is 0.360 e. The smallest absolute Gasteiger partial charge is 0.0890 e. The average Bonchev–Trinajstić information content (AvgIpc) is 3.17. The van der Waals surface area contributed by atoms with Crippen molar-refractivity contribution < 1.29 is 0 Å². The molecule has 0 unspecified atom stereocenters. The quantitative estimate of drug-likeness (QED) is 0.710. The minimum atomic E-state index is 0.690. The molecule has 2 aromatic heterocycles. The van der Waals surface area contributed by atoms with Crippen molar-refractivity contribution in [3.63, 3.8) is 0 Å². The number of aromatic amines is 2. The molecule has 3 heterocycles. The van der Waals surface area contributed by atoms with Gasteiger partial charge in [-0.25, -0.2) is 9.98 Å². The van der Waals surface area contributed by atoms with Crippen LogP contribution in [0.3, 0.4) is 0 Å². The molecular weight excluding hydrogens is 260 g/mol. The van der Waals surface area contributed by atoms with Gasteiger partial charge in [0.2, 0.25) is 0 Å². The number of H-pyrrole nitrogens is 2. The van der Waals surface area contributed by atoms with Gasteiger partial charge in [0.1, 0.15) is 0 Å². The summed E-state index contributed by atoms with van der Waals surface area (Å²) in [5.74, 6) is 0. The Kier molecular flexibility index (Phi) is 2.78. The van der Waals surface area contributed by atoms with Crippen LogP contribution in [-0.4, -0.2) is 21.4 Å². The number of aliphatic imine (C=N–C) groups is 2. The molecule has 0 amide bonds. The summed E-state index contributed by atoms with van der Waals surface area (Å²) in [7, 11) is 0. The van der Waals surface area contributed by atoms with Gasteiger partial charge in [-0.3, -0.25) is 0 Å². The summed E-state index contributed by atoms with van der Waals surface area (Å²) in [6.07, 6.45) is 4.52. The van der Waals surface area contributed by atoms with Crippen molar-refractivity contribution in [2.45, 2.75) is 6.42 Å². The van der Waals surface area contributed by atoms with Crippen LogP contribution in [0.1, 0.15) is 17.8 Å². The van der Waals surface area contributed by atoms with Gasteiger partial charge in [-0.05, 0) is 36.4 Å². The molecule has 0 saturated heterocycles. The van der Waals surface area contributed by atoms with Crippen molar-refractivity contribution in [2.24, 2.45) is 9.98 Å². The maximum absolute atomic E-state index is 4.80. The van der Waals surface area contributed by atoms with Gasteiger partial charge in [-0.2, -0.15) is 0 Å². The Bertz CT molecular complexity index is 739. The summed E-state index contributed by atoms with van der Waals surface area (Å²) in [4.78, 5) is 16.1. The Labute approximate surface area is 122 Å². The van der Waals surface area contributed by atoms with Crippen LogP contribution in [0.15, 0.2) is 70.9 Å². The highest BCUT2D eigenvalue weighted by Crippen LogP contribution is 2.32. The molecule has 102 valence electrons. The Balaban J connectivity index is 1.89. The lowest BCUT2D eigenvalue weighted by Crippen LogP contribution is -2.10. The molecule has 0 spiro atoms.